The number of aryl methyl sites for hydroxylation is 1. The van der Waals surface area contributed by atoms with E-state index in [0.29, 0.717) is 22.7 Å². The molecular formula is C24H21N3O4S. The number of ether oxygens (including phenoxy) is 1. The van der Waals surface area contributed by atoms with Gasteiger partial charge in [0.15, 0.2) is 27.3 Å². The fourth-order valence-corrected chi connectivity index (χ4v) is 3.90. The van der Waals surface area contributed by atoms with E-state index < -0.39 is 9.84 Å². The molecule has 0 fully saturated rings. The van der Waals surface area contributed by atoms with Gasteiger partial charge in [-0.1, -0.05) is 42.0 Å². The van der Waals surface area contributed by atoms with E-state index in [1.165, 1.54) is 19.2 Å². The molecule has 0 atom stereocenters. The van der Waals surface area contributed by atoms with Crippen molar-refractivity contribution >= 4 is 9.84 Å². The van der Waals surface area contributed by atoms with Crippen molar-refractivity contribution in [2.45, 2.75) is 11.8 Å². The van der Waals surface area contributed by atoms with Gasteiger partial charge in [0.2, 0.25) is 0 Å². The summed E-state index contributed by atoms with van der Waals surface area (Å²) >= 11 is 0. The number of benzene rings is 3. The minimum absolute atomic E-state index is 0.0311. The van der Waals surface area contributed by atoms with Gasteiger partial charge in [-0.25, -0.2) is 23.4 Å². The molecule has 7 nitrogen and oxygen atoms in total. The first-order valence-corrected chi connectivity index (χ1v) is 11.7. The number of nitrogens with zero attached hydrogens (tertiary/aromatic N) is 3. The molecule has 0 aliphatic carbocycles. The summed E-state index contributed by atoms with van der Waals surface area (Å²) in [6.07, 6.45) is 1.14. The van der Waals surface area contributed by atoms with Gasteiger partial charge >= 0.3 is 0 Å². The second-order valence-electron chi connectivity index (χ2n) is 7.33. The largest absolute Gasteiger partial charge is 0.507 e. The Morgan fingerprint density at radius 1 is 0.812 bits per heavy atom. The van der Waals surface area contributed by atoms with Crippen LogP contribution in [0.1, 0.15) is 5.56 Å². The quantitative estimate of drug-likeness (QED) is 0.487. The van der Waals surface area contributed by atoms with E-state index >= 15 is 0 Å². The lowest BCUT2D eigenvalue weighted by Gasteiger charge is -2.12. The summed E-state index contributed by atoms with van der Waals surface area (Å²) in [5.74, 6) is 1.34. The van der Waals surface area contributed by atoms with Crippen molar-refractivity contribution in [1.29, 1.82) is 0 Å². The highest BCUT2D eigenvalue weighted by molar-refractivity contribution is 7.90. The van der Waals surface area contributed by atoms with Crippen LogP contribution in [0.2, 0.25) is 0 Å². The average molecular weight is 448 g/mol. The van der Waals surface area contributed by atoms with Crippen LogP contribution in [0.3, 0.4) is 0 Å². The third-order valence-corrected chi connectivity index (χ3v) is 6.01. The molecule has 0 saturated heterocycles. The molecule has 0 saturated carbocycles. The number of aromatic nitrogens is 3. The van der Waals surface area contributed by atoms with Crippen molar-refractivity contribution in [3.63, 3.8) is 0 Å². The zero-order chi connectivity index (χ0) is 22.9. The minimum Gasteiger partial charge on any atom is -0.507 e. The van der Waals surface area contributed by atoms with Crippen LogP contribution >= 0.6 is 0 Å². The zero-order valence-corrected chi connectivity index (χ0v) is 18.6. The molecule has 0 aliphatic rings. The Balaban J connectivity index is 2.02. The van der Waals surface area contributed by atoms with E-state index in [-0.39, 0.29) is 22.3 Å². The van der Waals surface area contributed by atoms with E-state index in [9.17, 15) is 13.5 Å². The zero-order valence-electron chi connectivity index (χ0n) is 17.8. The molecule has 0 unspecified atom stereocenters. The number of sulfone groups is 1. The number of rotatable bonds is 5. The molecule has 0 radical (unpaired) electrons. The topological polar surface area (TPSA) is 102 Å². The summed E-state index contributed by atoms with van der Waals surface area (Å²) in [6.45, 7) is 1.90. The predicted molar refractivity (Wildman–Crippen MR) is 122 cm³/mol. The molecule has 1 aromatic heterocycles. The molecule has 3 aromatic carbocycles. The molecule has 162 valence electrons. The SMILES string of the molecule is COc1ccc(S(C)(=O)=O)cc1-c1nc(-c2ccccc2)nc(-c2cc(C)ccc2O)n1. The van der Waals surface area contributed by atoms with Gasteiger partial charge in [0.05, 0.1) is 23.1 Å². The molecule has 32 heavy (non-hydrogen) atoms. The van der Waals surface area contributed by atoms with E-state index in [1.807, 2.05) is 37.3 Å². The van der Waals surface area contributed by atoms with Gasteiger partial charge < -0.3 is 9.84 Å². The van der Waals surface area contributed by atoms with E-state index in [0.717, 1.165) is 17.4 Å². The van der Waals surface area contributed by atoms with Crippen LogP contribution < -0.4 is 4.74 Å². The van der Waals surface area contributed by atoms with Gasteiger partial charge in [0, 0.05) is 11.8 Å². The molecule has 0 aliphatic heterocycles. The first-order valence-electron chi connectivity index (χ1n) is 9.76. The van der Waals surface area contributed by atoms with Crippen LogP contribution in [0.5, 0.6) is 11.5 Å². The van der Waals surface area contributed by atoms with Crippen LogP contribution in [0.4, 0.5) is 0 Å². The Morgan fingerprint density at radius 2 is 1.47 bits per heavy atom. The maximum absolute atomic E-state index is 12.1. The van der Waals surface area contributed by atoms with Crippen LogP contribution in [-0.4, -0.2) is 41.8 Å². The van der Waals surface area contributed by atoms with Crippen molar-refractivity contribution in [3.05, 3.63) is 72.3 Å². The predicted octanol–water partition coefficient (Wildman–Crippen LogP) is 4.30. The number of aromatic hydroxyl groups is 1. The van der Waals surface area contributed by atoms with Gasteiger partial charge in [-0.15, -0.1) is 0 Å². The minimum atomic E-state index is -3.46. The lowest BCUT2D eigenvalue weighted by Crippen LogP contribution is -2.03. The van der Waals surface area contributed by atoms with E-state index in [2.05, 4.69) is 15.0 Å². The Kier molecular flexibility index (Phi) is 5.63. The lowest BCUT2D eigenvalue weighted by atomic mass is 10.1. The monoisotopic (exact) mass is 447 g/mol. The molecule has 0 spiro atoms. The average Bonchev–Trinajstić information content (AvgIpc) is 2.80. The Bertz CT molecular complexity index is 1400. The Labute approximate surface area is 186 Å². The first-order chi connectivity index (χ1) is 15.3. The van der Waals surface area contributed by atoms with Gasteiger partial charge in [-0.05, 0) is 37.3 Å². The van der Waals surface area contributed by atoms with Crippen LogP contribution in [-0.2, 0) is 9.84 Å². The second-order valence-corrected chi connectivity index (χ2v) is 9.34. The third kappa shape index (κ3) is 4.31. The Hall–Kier alpha value is -3.78. The Morgan fingerprint density at radius 3 is 2.12 bits per heavy atom. The van der Waals surface area contributed by atoms with E-state index in [1.54, 1.807) is 24.3 Å². The highest BCUT2D eigenvalue weighted by Gasteiger charge is 2.19. The van der Waals surface area contributed by atoms with Crippen molar-refractivity contribution in [2.75, 3.05) is 13.4 Å². The number of phenolic OH excluding ortho intramolecular Hbond substituents is 1. The molecule has 1 heterocycles. The van der Waals surface area contributed by atoms with Crippen LogP contribution in [0, 0.1) is 6.92 Å². The second kappa shape index (κ2) is 8.39. The summed E-state index contributed by atoms with van der Waals surface area (Å²) in [4.78, 5) is 13.9. The van der Waals surface area contributed by atoms with Crippen molar-refractivity contribution in [1.82, 2.24) is 15.0 Å². The summed E-state index contributed by atoms with van der Waals surface area (Å²) < 4.78 is 29.8. The number of hydrogen-bond donors (Lipinski definition) is 1. The smallest absolute Gasteiger partial charge is 0.175 e. The number of hydrogen-bond acceptors (Lipinski definition) is 7. The fraction of sp³-hybridized carbons (Fsp3) is 0.125. The molecular weight excluding hydrogens is 426 g/mol. The standard InChI is InChI=1S/C24H21N3O4S/c1-15-9-11-20(28)18(13-15)23-25-22(16-7-5-4-6-8-16)26-24(27-23)19-14-17(32(3,29)30)10-12-21(19)31-2/h4-14,28H,1-3H3. The van der Waals surface area contributed by atoms with Crippen LogP contribution in [0.25, 0.3) is 34.2 Å². The van der Waals surface area contributed by atoms with Gasteiger partial charge in [0.1, 0.15) is 11.5 Å². The highest BCUT2D eigenvalue weighted by Crippen LogP contribution is 2.34. The molecule has 4 aromatic rings. The molecule has 1 N–H and O–H groups in total. The maximum Gasteiger partial charge on any atom is 0.175 e. The normalized spacial score (nSPS) is 11.3. The van der Waals surface area contributed by atoms with Gasteiger partial charge in [-0.3, -0.25) is 0 Å². The highest BCUT2D eigenvalue weighted by atomic mass is 32.2. The van der Waals surface area contributed by atoms with Crippen molar-refractivity contribution in [2.24, 2.45) is 0 Å². The fourth-order valence-electron chi connectivity index (χ4n) is 3.25. The summed E-state index contributed by atoms with van der Waals surface area (Å²) in [6, 6.07) is 19.0. The van der Waals surface area contributed by atoms with Crippen molar-refractivity contribution < 1.29 is 18.3 Å². The lowest BCUT2D eigenvalue weighted by molar-refractivity contribution is 0.416. The van der Waals surface area contributed by atoms with Gasteiger partial charge in [-0.2, -0.15) is 0 Å². The van der Waals surface area contributed by atoms with Crippen LogP contribution in [0.15, 0.2) is 71.6 Å². The number of phenols is 1. The number of methoxy groups -OCH3 is 1. The first kappa shape index (κ1) is 21.5. The molecule has 0 amide bonds. The third-order valence-electron chi connectivity index (χ3n) is 4.90. The summed E-state index contributed by atoms with van der Waals surface area (Å²) in [5.41, 5.74) is 2.54. The summed E-state index contributed by atoms with van der Waals surface area (Å²) in [7, 11) is -1.97. The molecule has 8 heteroatoms. The molecule has 0 bridgehead atoms. The van der Waals surface area contributed by atoms with Gasteiger partial charge in [0.25, 0.3) is 0 Å². The molecule has 4 rings (SSSR count). The maximum atomic E-state index is 12.1. The summed E-state index contributed by atoms with van der Waals surface area (Å²) in [5, 5.41) is 10.5. The van der Waals surface area contributed by atoms with E-state index in [4.69, 9.17) is 4.74 Å². The van der Waals surface area contributed by atoms with Crippen molar-refractivity contribution in [3.8, 4) is 45.7 Å².